The van der Waals surface area contributed by atoms with Crippen molar-refractivity contribution in [2.75, 3.05) is 11.9 Å². The molecule has 0 bridgehead atoms. The molecule has 0 spiro atoms. The number of aromatic carboxylic acids is 1. The van der Waals surface area contributed by atoms with Crippen molar-refractivity contribution in [3.05, 3.63) is 22.8 Å². The van der Waals surface area contributed by atoms with Crippen LogP contribution in [0.1, 0.15) is 29.6 Å². The van der Waals surface area contributed by atoms with E-state index in [9.17, 15) is 4.79 Å². The monoisotopic (exact) mass is 240 g/mol. The molecule has 0 unspecified atom stereocenters. The Labute approximate surface area is 98.6 Å². The maximum absolute atomic E-state index is 10.8. The molecule has 0 saturated heterocycles. The lowest BCUT2D eigenvalue weighted by Gasteiger charge is -2.25. The van der Waals surface area contributed by atoms with Gasteiger partial charge in [0.05, 0.1) is 5.56 Å². The third-order valence-electron chi connectivity index (χ3n) is 2.84. The lowest BCUT2D eigenvalue weighted by molar-refractivity contribution is 0.0697. The number of anilines is 1. The van der Waals surface area contributed by atoms with Gasteiger partial charge in [-0.15, -0.1) is 0 Å². The van der Waals surface area contributed by atoms with Crippen LogP contribution in [0.25, 0.3) is 0 Å². The maximum atomic E-state index is 10.8. The molecule has 1 aromatic rings. The van der Waals surface area contributed by atoms with Crippen LogP contribution in [-0.4, -0.2) is 22.6 Å². The number of carboxylic acids is 1. The van der Waals surface area contributed by atoms with Crippen LogP contribution in [0, 0.1) is 5.92 Å². The summed E-state index contributed by atoms with van der Waals surface area (Å²) in [5.74, 6) is 0.238. The number of carbonyl (C=O) groups is 1. The van der Waals surface area contributed by atoms with Gasteiger partial charge in [-0.25, -0.2) is 9.78 Å². The van der Waals surface area contributed by atoms with E-state index >= 15 is 0 Å². The average molecular weight is 241 g/mol. The fourth-order valence-corrected chi connectivity index (χ4v) is 1.87. The van der Waals surface area contributed by atoms with E-state index in [4.69, 9.17) is 16.7 Å². The number of nitrogens with zero attached hydrogens (tertiary/aromatic N) is 1. The normalized spacial score (nSPS) is 15.6. The van der Waals surface area contributed by atoms with Gasteiger partial charge in [0.1, 0.15) is 11.0 Å². The predicted octanol–water partition coefficient (Wildman–Crippen LogP) is 2.65. The maximum Gasteiger partial charge on any atom is 0.335 e. The summed E-state index contributed by atoms with van der Waals surface area (Å²) in [6, 6.07) is 2.85. The second-order valence-electron chi connectivity index (χ2n) is 4.05. The number of carboxylic acid groups (broad SMARTS) is 1. The van der Waals surface area contributed by atoms with Crippen molar-refractivity contribution in [2.45, 2.75) is 19.3 Å². The molecule has 86 valence electrons. The molecule has 1 fully saturated rings. The molecule has 2 N–H and O–H groups in total. The smallest absolute Gasteiger partial charge is 0.335 e. The molecule has 5 heteroatoms. The van der Waals surface area contributed by atoms with Crippen molar-refractivity contribution >= 4 is 23.4 Å². The summed E-state index contributed by atoms with van der Waals surface area (Å²) in [6.07, 6.45) is 3.76. The lowest BCUT2D eigenvalue weighted by Crippen LogP contribution is -2.21. The van der Waals surface area contributed by atoms with Gasteiger partial charge >= 0.3 is 5.97 Å². The fourth-order valence-electron chi connectivity index (χ4n) is 1.66. The van der Waals surface area contributed by atoms with E-state index in [-0.39, 0.29) is 10.7 Å². The van der Waals surface area contributed by atoms with Gasteiger partial charge < -0.3 is 10.4 Å². The summed E-state index contributed by atoms with van der Waals surface area (Å²) in [5, 5.41) is 12.2. The summed E-state index contributed by atoms with van der Waals surface area (Å²) in [6.45, 7) is 0.840. The summed E-state index contributed by atoms with van der Waals surface area (Å²) >= 11 is 5.74. The first-order valence-electron chi connectivity index (χ1n) is 5.30. The standard InChI is InChI=1S/C11H13ClN2O2/c12-9-4-8(11(15)16)5-10(14-9)13-6-7-2-1-3-7/h4-5,7H,1-3,6H2,(H,13,14)(H,15,16). The van der Waals surface area contributed by atoms with E-state index in [1.165, 1.54) is 31.4 Å². The van der Waals surface area contributed by atoms with Crippen molar-refractivity contribution in [3.63, 3.8) is 0 Å². The summed E-state index contributed by atoms with van der Waals surface area (Å²) in [5.41, 5.74) is 0.163. The van der Waals surface area contributed by atoms with E-state index in [1.807, 2.05) is 0 Å². The molecule has 1 aliphatic carbocycles. The third-order valence-corrected chi connectivity index (χ3v) is 3.03. The fraction of sp³-hybridized carbons (Fsp3) is 0.455. The Morgan fingerprint density at radius 3 is 2.88 bits per heavy atom. The lowest BCUT2D eigenvalue weighted by atomic mass is 9.85. The highest BCUT2D eigenvalue weighted by atomic mass is 35.5. The molecule has 0 aliphatic heterocycles. The topological polar surface area (TPSA) is 62.2 Å². The minimum atomic E-state index is -0.990. The summed E-state index contributed by atoms with van der Waals surface area (Å²) in [4.78, 5) is 14.8. The largest absolute Gasteiger partial charge is 0.478 e. The highest BCUT2D eigenvalue weighted by Gasteiger charge is 2.17. The highest BCUT2D eigenvalue weighted by molar-refractivity contribution is 6.29. The van der Waals surface area contributed by atoms with Gasteiger partial charge in [-0.3, -0.25) is 0 Å². The van der Waals surface area contributed by atoms with Crippen LogP contribution >= 0.6 is 11.6 Å². The number of halogens is 1. The molecule has 1 saturated carbocycles. The van der Waals surface area contributed by atoms with Crippen LogP contribution in [0.15, 0.2) is 12.1 Å². The number of pyridine rings is 1. The van der Waals surface area contributed by atoms with Crippen LogP contribution < -0.4 is 5.32 Å². The zero-order chi connectivity index (χ0) is 11.5. The summed E-state index contributed by atoms with van der Waals surface area (Å²) < 4.78 is 0. The van der Waals surface area contributed by atoms with Crippen LogP contribution in [-0.2, 0) is 0 Å². The molecule has 1 aromatic heterocycles. The van der Waals surface area contributed by atoms with Gasteiger partial charge in [0.2, 0.25) is 0 Å². The molecule has 2 rings (SSSR count). The molecule has 4 nitrogen and oxygen atoms in total. The van der Waals surface area contributed by atoms with Gasteiger partial charge in [0.15, 0.2) is 0 Å². The molecular formula is C11H13ClN2O2. The number of rotatable bonds is 4. The Balaban J connectivity index is 2.04. The Bertz CT molecular complexity index is 405. The second kappa shape index (κ2) is 4.70. The molecule has 0 aromatic carbocycles. The zero-order valence-corrected chi connectivity index (χ0v) is 9.50. The molecule has 0 radical (unpaired) electrons. The van der Waals surface area contributed by atoms with Crippen LogP contribution in [0.4, 0.5) is 5.82 Å². The first-order chi connectivity index (χ1) is 7.65. The number of aromatic nitrogens is 1. The van der Waals surface area contributed by atoms with Gasteiger partial charge in [-0.1, -0.05) is 18.0 Å². The van der Waals surface area contributed by atoms with Crippen molar-refractivity contribution in [1.29, 1.82) is 0 Å². The Morgan fingerprint density at radius 2 is 2.31 bits per heavy atom. The number of hydrogen-bond donors (Lipinski definition) is 2. The van der Waals surface area contributed by atoms with Gasteiger partial charge in [-0.2, -0.15) is 0 Å². The summed E-state index contributed by atoms with van der Waals surface area (Å²) in [7, 11) is 0. The van der Waals surface area contributed by atoms with Crippen LogP contribution in [0.2, 0.25) is 5.15 Å². The molecule has 16 heavy (non-hydrogen) atoms. The van der Waals surface area contributed by atoms with Gasteiger partial charge in [0.25, 0.3) is 0 Å². The van der Waals surface area contributed by atoms with E-state index in [0.29, 0.717) is 11.7 Å². The van der Waals surface area contributed by atoms with Crippen molar-refractivity contribution in [2.24, 2.45) is 5.92 Å². The molecule has 1 heterocycles. The van der Waals surface area contributed by atoms with Crippen LogP contribution in [0.3, 0.4) is 0 Å². The van der Waals surface area contributed by atoms with Gasteiger partial charge in [0, 0.05) is 6.54 Å². The first kappa shape index (κ1) is 11.2. The van der Waals surface area contributed by atoms with E-state index in [0.717, 1.165) is 6.54 Å². The zero-order valence-electron chi connectivity index (χ0n) is 8.74. The van der Waals surface area contributed by atoms with E-state index in [2.05, 4.69) is 10.3 Å². The minimum absolute atomic E-state index is 0.163. The van der Waals surface area contributed by atoms with Gasteiger partial charge in [-0.05, 0) is 30.9 Å². The van der Waals surface area contributed by atoms with Crippen LogP contribution in [0.5, 0.6) is 0 Å². The second-order valence-corrected chi connectivity index (χ2v) is 4.43. The van der Waals surface area contributed by atoms with E-state index < -0.39 is 5.97 Å². The molecule has 0 atom stereocenters. The first-order valence-corrected chi connectivity index (χ1v) is 5.67. The Kier molecular flexibility index (Phi) is 3.29. The SMILES string of the molecule is O=C(O)c1cc(Cl)nc(NCC2CCC2)c1. The van der Waals surface area contributed by atoms with Crippen molar-refractivity contribution in [1.82, 2.24) is 4.98 Å². The number of hydrogen-bond acceptors (Lipinski definition) is 3. The predicted molar refractivity (Wildman–Crippen MR) is 62.0 cm³/mol. The average Bonchev–Trinajstić information content (AvgIpc) is 2.14. The Hall–Kier alpha value is -1.29. The number of nitrogens with one attached hydrogen (secondary N) is 1. The third kappa shape index (κ3) is 2.64. The van der Waals surface area contributed by atoms with Crippen molar-refractivity contribution < 1.29 is 9.90 Å². The quantitative estimate of drug-likeness (QED) is 0.795. The molecule has 1 aliphatic rings. The van der Waals surface area contributed by atoms with E-state index in [1.54, 1.807) is 0 Å². The molecular weight excluding hydrogens is 228 g/mol. The Morgan fingerprint density at radius 1 is 1.56 bits per heavy atom. The van der Waals surface area contributed by atoms with Crippen molar-refractivity contribution in [3.8, 4) is 0 Å². The molecule has 0 amide bonds. The minimum Gasteiger partial charge on any atom is -0.478 e. The highest BCUT2D eigenvalue weighted by Crippen LogP contribution is 2.26.